The van der Waals surface area contributed by atoms with E-state index in [2.05, 4.69) is 12.2 Å². The number of anilines is 2. The van der Waals surface area contributed by atoms with Crippen LogP contribution in [0.1, 0.15) is 25.8 Å². The third kappa shape index (κ3) is 2.76. The number of rotatable bonds is 3. The summed E-state index contributed by atoms with van der Waals surface area (Å²) in [4.78, 5) is 10.8. The quantitative estimate of drug-likeness (QED) is 0.721. The number of hydrogen-bond donors (Lipinski definition) is 2. The van der Waals surface area contributed by atoms with E-state index < -0.39 is 0 Å². The lowest BCUT2D eigenvalue weighted by molar-refractivity contribution is -0.114. The smallest absolute Gasteiger partial charge is 0.221 e. The van der Waals surface area contributed by atoms with Gasteiger partial charge in [-0.3, -0.25) is 4.79 Å². The van der Waals surface area contributed by atoms with Crippen LogP contribution in [-0.2, 0) is 11.2 Å². The molecule has 0 aliphatic carbocycles. The van der Waals surface area contributed by atoms with E-state index in [1.54, 1.807) is 0 Å². The molecule has 1 amide bonds. The molecule has 0 spiro atoms. The van der Waals surface area contributed by atoms with E-state index in [0.717, 1.165) is 29.8 Å². The molecule has 0 saturated carbocycles. The molecule has 14 heavy (non-hydrogen) atoms. The van der Waals surface area contributed by atoms with Crippen molar-refractivity contribution in [3.05, 3.63) is 23.8 Å². The zero-order chi connectivity index (χ0) is 10.6. The number of aryl methyl sites for hydroxylation is 1. The highest BCUT2D eigenvalue weighted by atomic mass is 16.1. The molecule has 1 aromatic carbocycles. The minimum Gasteiger partial charge on any atom is -0.399 e. The Kier molecular flexibility index (Phi) is 3.51. The lowest BCUT2D eigenvalue weighted by atomic mass is 10.1. The fraction of sp³-hybridized carbons (Fsp3) is 0.364. The van der Waals surface area contributed by atoms with Crippen molar-refractivity contribution in [3.8, 4) is 0 Å². The second-order valence-electron chi connectivity index (χ2n) is 3.34. The normalized spacial score (nSPS) is 9.86. The summed E-state index contributed by atoms with van der Waals surface area (Å²) in [5, 5.41) is 2.74. The lowest BCUT2D eigenvalue weighted by Crippen LogP contribution is -2.06. The van der Waals surface area contributed by atoms with Gasteiger partial charge in [0.15, 0.2) is 0 Å². The molecular formula is C11H16N2O. The zero-order valence-electron chi connectivity index (χ0n) is 8.63. The first-order valence-electron chi connectivity index (χ1n) is 4.79. The van der Waals surface area contributed by atoms with Gasteiger partial charge in [-0.15, -0.1) is 0 Å². The summed E-state index contributed by atoms with van der Waals surface area (Å²) in [5.41, 5.74) is 8.50. The van der Waals surface area contributed by atoms with Crippen LogP contribution in [0.25, 0.3) is 0 Å². The second-order valence-corrected chi connectivity index (χ2v) is 3.34. The first-order valence-corrected chi connectivity index (χ1v) is 4.79. The molecule has 0 radical (unpaired) electrons. The summed E-state index contributed by atoms with van der Waals surface area (Å²) >= 11 is 0. The van der Waals surface area contributed by atoms with E-state index in [1.807, 2.05) is 18.2 Å². The summed E-state index contributed by atoms with van der Waals surface area (Å²) < 4.78 is 0. The average Bonchev–Trinajstić information content (AvgIpc) is 2.10. The molecular weight excluding hydrogens is 176 g/mol. The van der Waals surface area contributed by atoms with E-state index in [1.165, 1.54) is 6.92 Å². The summed E-state index contributed by atoms with van der Waals surface area (Å²) in [7, 11) is 0. The van der Waals surface area contributed by atoms with Crippen molar-refractivity contribution < 1.29 is 4.79 Å². The predicted molar refractivity (Wildman–Crippen MR) is 59.2 cm³/mol. The number of carbonyl (C=O) groups excluding carboxylic acids is 1. The van der Waals surface area contributed by atoms with Crippen LogP contribution in [0.15, 0.2) is 18.2 Å². The number of nitrogen functional groups attached to an aromatic ring is 1. The molecule has 0 atom stereocenters. The number of hydrogen-bond acceptors (Lipinski definition) is 2. The molecule has 0 fully saturated rings. The lowest BCUT2D eigenvalue weighted by Gasteiger charge is -2.07. The van der Waals surface area contributed by atoms with Crippen molar-refractivity contribution in [1.29, 1.82) is 0 Å². The van der Waals surface area contributed by atoms with Crippen LogP contribution in [0.5, 0.6) is 0 Å². The first kappa shape index (κ1) is 10.6. The van der Waals surface area contributed by atoms with Gasteiger partial charge in [0, 0.05) is 18.3 Å². The molecule has 1 rings (SSSR count). The number of carbonyl (C=O) groups is 1. The average molecular weight is 192 g/mol. The number of nitrogens with two attached hydrogens (primary N) is 1. The Morgan fingerprint density at radius 3 is 2.79 bits per heavy atom. The SMILES string of the molecule is CCCc1cc(NC(C)=O)ccc1N. The molecule has 3 nitrogen and oxygen atoms in total. The number of nitrogens with one attached hydrogen (secondary N) is 1. The van der Waals surface area contributed by atoms with Crippen LogP contribution >= 0.6 is 0 Å². The third-order valence-electron chi connectivity index (χ3n) is 1.98. The summed E-state index contributed by atoms with van der Waals surface area (Å²) in [6.07, 6.45) is 1.99. The zero-order valence-corrected chi connectivity index (χ0v) is 8.63. The van der Waals surface area contributed by atoms with Crippen molar-refractivity contribution in [3.63, 3.8) is 0 Å². The predicted octanol–water partition coefficient (Wildman–Crippen LogP) is 2.18. The molecule has 0 heterocycles. The van der Waals surface area contributed by atoms with Crippen LogP contribution in [0, 0.1) is 0 Å². The van der Waals surface area contributed by atoms with E-state index >= 15 is 0 Å². The molecule has 76 valence electrons. The van der Waals surface area contributed by atoms with E-state index in [0.29, 0.717) is 0 Å². The summed E-state index contributed by atoms with van der Waals surface area (Å²) in [6, 6.07) is 5.58. The van der Waals surface area contributed by atoms with Gasteiger partial charge in [-0.05, 0) is 30.2 Å². The number of benzene rings is 1. The standard InChI is InChI=1S/C11H16N2O/c1-3-4-9-7-10(13-8(2)14)5-6-11(9)12/h5-7H,3-4,12H2,1-2H3,(H,13,14). The van der Waals surface area contributed by atoms with Crippen molar-refractivity contribution in [2.45, 2.75) is 26.7 Å². The fourth-order valence-electron chi connectivity index (χ4n) is 1.37. The third-order valence-corrected chi connectivity index (χ3v) is 1.98. The molecule has 3 N–H and O–H groups in total. The molecule has 0 saturated heterocycles. The van der Waals surface area contributed by atoms with Crippen molar-refractivity contribution >= 4 is 17.3 Å². The van der Waals surface area contributed by atoms with Crippen LogP contribution in [0.2, 0.25) is 0 Å². The van der Waals surface area contributed by atoms with Gasteiger partial charge in [-0.25, -0.2) is 0 Å². The van der Waals surface area contributed by atoms with E-state index in [9.17, 15) is 4.79 Å². The van der Waals surface area contributed by atoms with Crippen LogP contribution in [0.3, 0.4) is 0 Å². The first-order chi connectivity index (χ1) is 6.63. The Bertz CT molecular complexity index is 334. The van der Waals surface area contributed by atoms with Gasteiger partial charge in [0.25, 0.3) is 0 Å². The van der Waals surface area contributed by atoms with Gasteiger partial charge in [0.2, 0.25) is 5.91 Å². The van der Waals surface area contributed by atoms with Crippen molar-refractivity contribution in [1.82, 2.24) is 0 Å². The highest BCUT2D eigenvalue weighted by molar-refractivity contribution is 5.89. The molecule has 0 aliphatic rings. The highest BCUT2D eigenvalue weighted by Gasteiger charge is 2.01. The molecule has 0 aliphatic heterocycles. The van der Waals surface area contributed by atoms with E-state index in [-0.39, 0.29) is 5.91 Å². The van der Waals surface area contributed by atoms with Gasteiger partial charge < -0.3 is 11.1 Å². The van der Waals surface area contributed by atoms with Crippen LogP contribution < -0.4 is 11.1 Å². The fourth-order valence-corrected chi connectivity index (χ4v) is 1.37. The Labute approximate surface area is 84.3 Å². The highest BCUT2D eigenvalue weighted by Crippen LogP contribution is 2.19. The maximum atomic E-state index is 10.8. The summed E-state index contributed by atoms with van der Waals surface area (Å²) in [5.74, 6) is -0.0581. The Hall–Kier alpha value is -1.51. The minimum absolute atomic E-state index is 0.0581. The molecule has 1 aromatic rings. The Morgan fingerprint density at radius 2 is 2.21 bits per heavy atom. The van der Waals surface area contributed by atoms with Crippen LogP contribution in [-0.4, -0.2) is 5.91 Å². The van der Waals surface area contributed by atoms with Gasteiger partial charge in [-0.1, -0.05) is 13.3 Å². The largest absolute Gasteiger partial charge is 0.399 e. The molecule has 0 unspecified atom stereocenters. The maximum Gasteiger partial charge on any atom is 0.221 e. The van der Waals surface area contributed by atoms with Gasteiger partial charge in [0.05, 0.1) is 0 Å². The molecule has 0 bridgehead atoms. The minimum atomic E-state index is -0.0581. The van der Waals surface area contributed by atoms with Crippen LogP contribution in [0.4, 0.5) is 11.4 Å². The Morgan fingerprint density at radius 1 is 1.50 bits per heavy atom. The van der Waals surface area contributed by atoms with Gasteiger partial charge in [0.1, 0.15) is 0 Å². The molecule has 3 heteroatoms. The van der Waals surface area contributed by atoms with Crippen molar-refractivity contribution in [2.24, 2.45) is 0 Å². The number of amides is 1. The van der Waals surface area contributed by atoms with Gasteiger partial charge in [-0.2, -0.15) is 0 Å². The van der Waals surface area contributed by atoms with Crippen molar-refractivity contribution in [2.75, 3.05) is 11.1 Å². The Balaban J connectivity index is 2.88. The van der Waals surface area contributed by atoms with E-state index in [4.69, 9.17) is 5.73 Å². The monoisotopic (exact) mass is 192 g/mol. The second kappa shape index (κ2) is 4.65. The topological polar surface area (TPSA) is 55.1 Å². The molecule has 0 aromatic heterocycles. The summed E-state index contributed by atoms with van der Waals surface area (Å²) in [6.45, 7) is 3.60. The maximum absolute atomic E-state index is 10.8. The van der Waals surface area contributed by atoms with Gasteiger partial charge >= 0.3 is 0 Å².